The maximum atomic E-state index is 13.5. The molecule has 0 aliphatic rings. The van der Waals surface area contributed by atoms with Crippen LogP contribution in [0.5, 0.6) is 0 Å². The lowest BCUT2D eigenvalue weighted by atomic mass is 10.0. The lowest BCUT2D eigenvalue weighted by Crippen LogP contribution is -2.26. The van der Waals surface area contributed by atoms with E-state index in [1.54, 1.807) is 12.1 Å². The average Bonchev–Trinajstić information content (AvgIpc) is 2.28. The largest absolute Gasteiger partial charge is 0.477 e. The molecule has 88 valence electrons. The van der Waals surface area contributed by atoms with Gasteiger partial charge in [0.2, 0.25) is 0 Å². The van der Waals surface area contributed by atoms with Crippen LogP contribution in [0.1, 0.15) is 5.56 Å². The Morgan fingerprint density at radius 3 is 2.71 bits per heavy atom. The van der Waals surface area contributed by atoms with Gasteiger partial charge in [-0.2, -0.15) is 8.78 Å². The summed E-state index contributed by atoms with van der Waals surface area (Å²) >= 11 is 5.65. The number of carboxylic acids is 1. The van der Waals surface area contributed by atoms with Crippen LogP contribution in [-0.2, 0) is 10.7 Å². The molecule has 1 N–H and O–H groups in total. The Hall–Kier alpha value is -1.75. The number of hydrogen-bond donors (Lipinski definition) is 1. The lowest BCUT2D eigenvalue weighted by Gasteiger charge is -2.14. The number of aromatic nitrogens is 1. The van der Waals surface area contributed by atoms with Crippen molar-refractivity contribution in [3.05, 3.63) is 41.0 Å². The molecule has 0 amide bonds. The maximum absolute atomic E-state index is 13.5. The van der Waals surface area contributed by atoms with Gasteiger partial charge in [0.05, 0.1) is 16.1 Å². The first kappa shape index (κ1) is 11.7. The van der Waals surface area contributed by atoms with Gasteiger partial charge in [-0.3, -0.25) is 4.98 Å². The summed E-state index contributed by atoms with van der Waals surface area (Å²) in [6, 6.07) is 5.86. The zero-order chi connectivity index (χ0) is 12.6. The number of benzene rings is 1. The van der Waals surface area contributed by atoms with Gasteiger partial charge in [-0.25, -0.2) is 4.79 Å². The molecular weight excluding hydrogens is 252 g/mol. The molecule has 2 rings (SSSR count). The number of hydrogen-bond acceptors (Lipinski definition) is 2. The van der Waals surface area contributed by atoms with Gasteiger partial charge in [-0.05, 0) is 12.1 Å². The van der Waals surface area contributed by atoms with E-state index in [2.05, 4.69) is 4.98 Å². The molecule has 0 aliphatic heterocycles. The zero-order valence-electron chi connectivity index (χ0n) is 8.32. The molecule has 0 atom stereocenters. The summed E-state index contributed by atoms with van der Waals surface area (Å²) in [4.78, 5) is 14.3. The second-order valence-electron chi connectivity index (χ2n) is 3.38. The molecule has 0 radical (unpaired) electrons. The highest BCUT2D eigenvalue weighted by molar-refractivity contribution is 6.32. The van der Waals surface area contributed by atoms with Gasteiger partial charge in [0.15, 0.2) is 0 Å². The zero-order valence-corrected chi connectivity index (χ0v) is 9.08. The molecule has 0 saturated heterocycles. The summed E-state index contributed by atoms with van der Waals surface area (Å²) in [5, 5.41) is 8.64. The van der Waals surface area contributed by atoms with E-state index in [1.807, 2.05) is 0 Å². The van der Waals surface area contributed by atoms with Crippen LogP contribution in [-0.4, -0.2) is 16.1 Å². The van der Waals surface area contributed by atoms with Crippen molar-refractivity contribution in [3.8, 4) is 0 Å². The SMILES string of the molecule is O=C(O)C(F)(F)c1c(Cl)ccc2cccnc12. The fourth-order valence-corrected chi connectivity index (χ4v) is 1.80. The molecule has 0 spiro atoms. The van der Waals surface area contributed by atoms with Crippen molar-refractivity contribution in [2.45, 2.75) is 5.92 Å². The third-order valence-corrected chi connectivity index (χ3v) is 2.62. The third kappa shape index (κ3) is 1.82. The number of halogens is 3. The van der Waals surface area contributed by atoms with Crippen LogP contribution in [0.2, 0.25) is 5.02 Å². The van der Waals surface area contributed by atoms with Gasteiger partial charge in [0, 0.05) is 11.6 Å². The summed E-state index contributed by atoms with van der Waals surface area (Å²) < 4.78 is 27.1. The fourth-order valence-electron chi connectivity index (χ4n) is 1.53. The van der Waals surface area contributed by atoms with E-state index in [4.69, 9.17) is 16.7 Å². The second-order valence-corrected chi connectivity index (χ2v) is 3.78. The van der Waals surface area contributed by atoms with Crippen molar-refractivity contribution in [2.24, 2.45) is 0 Å². The van der Waals surface area contributed by atoms with Crippen LogP contribution in [0.3, 0.4) is 0 Å². The molecule has 6 heteroatoms. The van der Waals surface area contributed by atoms with Crippen LogP contribution < -0.4 is 0 Å². The minimum atomic E-state index is -4.06. The van der Waals surface area contributed by atoms with E-state index in [0.717, 1.165) is 0 Å². The number of carboxylic acid groups (broad SMARTS) is 1. The number of carbonyl (C=O) groups is 1. The van der Waals surface area contributed by atoms with Crippen LogP contribution in [0.15, 0.2) is 30.5 Å². The Morgan fingerprint density at radius 2 is 2.06 bits per heavy atom. The van der Waals surface area contributed by atoms with Crippen molar-refractivity contribution >= 4 is 28.5 Å². The minimum absolute atomic E-state index is 0.104. The smallest absolute Gasteiger partial charge is 0.379 e. The Morgan fingerprint density at radius 1 is 1.35 bits per heavy atom. The number of nitrogens with zero attached hydrogens (tertiary/aromatic N) is 1. The van der Waals surface area contributed by atoms with Gasteiger partial charge in [0.1, 0.15) is 0 Å². The Kier molecular flexibility index (Phi) is 2.71. The van der Waals surface area contributed by atoms with Gasteiger partial charge in [-0.15, -0.1) is 0 Å². The predicted molar refractivity (Wildman–Crippen MR) is 58.3 cm³/mol. The van der Waals surface area contributed by atoms with Gasteiger partial charge in [-0.1, -0.05) is 23.7 Å². The van der Waals surface area contributed by atoms with E-state index in [0.29, 0.717) is 5.39 Å². The van der Waals surface area contributed by atoms with Gasteiger partial charge < -0.3 is 5.11 Å². The lowest BCUT2D eigenvalue weighted by molar-refractivity contribution is -0.166. The first-order chi connectivity index (χ1) is 7.94. The molecular formula is C11H6ClF2NO2. The maximum Gasteiger partial charge on any atom is 0.379 e. The summed E-state index contributed by atoms with van der Waals surface area (Å²) in [6.07, 6.45) is 1.31. The number of pyridine rings is 1. The third-order valence-electron chi connectivity index (χ3n) is 2.31. The van der Waals surface area contributed by atoms with Crippen LogP contribution in [0, 0.1) is 0 Å². The molecule has 0 fully saturated rings. The molecule has 1 aromatic heterocycles. The standard InChI is InChI=1S/C11H6ClF2NO2/c12-7-4-3-6-2-1-5-15-9(6)8(7)11(13,14)10(16)17/h1-5H,(H,16,17). The van der Waals surface area contributed by atoms with Gasteiger partial charge in [0.25, 0.3) is 0 Å². The number of alkyl halides is 2. The average molecular weight is 258 g/mol. The molecule has 1 heterocycles. The quantitative estimate of drug-likeness (QED) is 0.899. The molecule has 0 saturated carbocycles. The highest BCUT2D eigenvalue weighted by Crippen LogP contribution is 2.37. The van der Waals surface area contributed by atoms with Crippen molar-refractivity contribution < 1.29 is 18.7 Å². The molecule has 0 aliphatic carbocycles. The summed E-state index contributed by atoms with van der Waals surface area (Å²) in [7, 11) is 0. The number of rotatable bonds is 2. The minimum Gasteiger partial charge on any atom is -0.477 e. The Labute approximate surface area is 99.7 Å². The number of fused-ring (bicyclic) bond motifs is 1. The summed E-state index contributed by atoms with van der Waals surface area (Å²) in [6.45, 7) is 0. The first-order valence-electron chi connectivity index (χ1n) is 4.59. The number of aliphatic carboxylic acids is 1. The van der Waals surface area contributed by atoms with Crippen molar-refractivity contribution in [1.29, 1.82) is 0 Å². The van der Waals surface area contributed by atoms with Crippen molar-refractivity contribution in [1.82, 2.24) is 4.98 Å². The highest BCUT2D eigenvalue weighted by atomic mass is 35.5. The topological polar surface area (TPSA) is 50.2 Å². The van der Waals surface area contributed by atoms with Gasteiger partial charge >= 0.3 is 11.9 Å². The summed E-state index contributed by atoms with van der Waals surface area (Å²) in [5.74, 6) is -6.32. The first-order valence-corrected chi connectivity index (χ1v) is 4.97. The Balaban J connectivity index is 2.84. The second kappa shape index (κ2) is 3.92. The predicted octanol–water partition coefficient (Wildman–Crippen LogP) is 3.06. The molecule has 0 bridgehead atoms. The van der Waals surface area contributed by atoms with E-state index in [9.17, 15) is 13.6 Å². The van der Waals surface area contributed by atoms with Crippen LogP contribution in [0.25, 0.3) is 10.9 Å². The highest BCUT2D eigenvalue weighted by Gasteiger charge is 2.44. The molecule has 3 nitrogen and oxygen atoms in total. The Bertz CT molecular complexity index is 601. The van der Waals surface area contributed by atoms with E-state index in [-0.39, 0.29) is 10.5 Å². The molecule has 2 aromatic rings. The normalized spacial score (nSPS) is 11.7. The molecule has 17 heavy (non-hydrogen) atoms. The van der Waals surface area contributed by atoms with Crippen molar-refractivity contribution in [2.75, 3.05) is 0 Å². The van der Waals surface area contributed by atoms with Crippen molar-refractivity contribution in [3.63, 3.8) is 0 Å². The van der Waals surface area contributed by atoms with E-state index >= 15 is 0 Å². The van der Waals surface area contributed by atoms with E-state index in [1.165, 1.54) is 18.3 Å². The van der Waals surface area contributed by atoms with Crippen LogP contribution in [0.4, 0.5) is 8.78 Å². The molecule has 1 aromatic carbocycles. The van der Waals surface area contributed by atoms with Crippen LogP contribution >= 0.6 is 11.6 Å². The monoisotopic (exact) mass is 257 g/mol. The fraction of sp³-hybridized carbons (Fsp3) is 0.0909. The summed E-state index contributed by atoms with van der Waals surface area (Å²) in [5.41, 5.74) is -0.878. The molecule has 0 unspecified atom stereocenters. The van der Waals surface area contributed by atoms with E-state index < -0.39 is 17.5 Å².